The first-order valence-corrected chi connectivity index (χ1v) is 7.23. The second kappa shape index (κ2) is 5.64. The van der Waals surface area contributed by atoms with Crippen LogP contribution < -0.4 is 0 Å². The smallest absolute Gasteiger partial charge is 0.305 e. The van der Waals surface area contributed by atoms with E-state index in [-0.39, 0.29) is 12.3 Å². The summed E-state index contributed by atoms with van der Waals surface area (Å²) in [4.78, 5) is 25.5. The Balaban J connectivity index is 1.98. The van der Waals surface area contributed by atoms with E-state index in [0.29, 0.717) is 12.1 Å². The Labute approximate surface area is 129 Å². The minimum atomic E-state index is -0.907. The van der Waals surface area contributed by atoms with E-state index in [9.17, 15) is 14.7 Å². The zero-order valence-electron chi connectivity index (χ0n) is 12.3. The second-order valence-electron chi connectivity index (χ2n) is 5.62. The maximum absolute atomic E-state index is 12.6. The summed E-state index contributed by atoms with van der Waals surface area (Å²) in [5.41, 5.74) is 3.54. The van der Waals surface area contributed by atoms with Crippen LogP contribution in [0, 0.1) is 6.92 Å². The molecule has 4 nitrogen and oxygen atoms in total. The standard InChI is InChI=1S/C18H17NO3/c1-12-5-4-7-13(9-12)16(10-17(20)21)19-11-14-6-2-3-8-15(14)18(19)22/h2-9,16H,10-11H2,1H3,(H,20,21)/t16-/m1/s1. The zero-order chi connectivity index (χ0) is 15.7. The van der Waals surface area contributed by atoms with Gasteiger partial charge in [-0.1, -0.05) is 48.0 Å². The fourth-order valence-electron chi connectivity index (χ4n) is 2.98. The highest BCUT2D eigenvalue weighted by Crippen LogP contribution is 2.33. The normalized spacial score (nSPS) is 14.8. The molecule has 0 fully saturated rings. The monoisotopic (exact) mass is 295 g/mol. The minimum Gasteiger partial charge on any atom is -0.481 e. The molecule has 0 saturated heterocycles. The summed E-state index contributed by atoms with van der Waals surface area (Å²) in [5, 5.41) is 9.24. The number of benzene rings is 2. The van der Waals surface area contributed by atoms with Crippen molar-refractivity contribution in [2.45, 2.75) is 25.9 Å². The van der Waals surface area contributed by atoms with Crippen LogP contribution in [0.5, 0.6) is 0 Å². The van der Waals surface area contributed by atoms with Crippen LogP contribution >= 0.6 is 0 Å². The van der Waals surface area contributed by atoms with Crippen LogP contribution in [0.15, 0.2) is 48.5 Å². The van der Waals surface area contributed by atoms with Crippen molar-refractivity contribution in [3.63, 3.8) is 0 Å². The molecule has 1 N–H and O–H groups in total. The van der Waals surface area contributed by atoms with Gasteiger partial charge in [0.15, 0.2) is 0 Å². The number of rotatable bonds is 4. The van der Waals surface area contributed by atoms with Gasteiger partial charge in [0.05, 0.1) is 12.5 Å². The summed E-state index contributed by atoms with van der Waals surface area (Å²) < 4.78 is 0. The molecule has 0 saturated carbocycles. The third-order valence-corrected chi connectivity index (χ3v) is 4.02. The van der Waals surface area contributed by atoms with Crippen LogP contribution in [-0.4, -0.2) is 21.9 Å². The van der Waals surface area contributed by atoms with Crippen molar-refractivity contribution in [2.24, 2.45) is 0 Å². The van der Waals surface area contributed by atoms with Crippen LogP contribution in [0.4, 0.5) is 0 Å². The highest BCUT2D eigenvalue weighted by Gasteiger charge is 2.34. The Bertz CT molecular complexity index is 739. The lowest BCUT2D eigenvalue weighted by Gasteiger charge is -2.27. The largest absolute Gasteiger partial charge is 0.481 e. The maximum atomic E-state index is 12.6. The van der Waals surface area contributed by atoms with Crippen LogP contribution in [0.1, 0.15) is 39.5 Å². The van der Waals surface area contributed by atoms with Crippen LogP contribution in [0.2, 0.25) is 0 Å². The average molecular weight is 295 g/mol. The van der Waals surface area contributed by atoms with Gasteiger partial charge in [0, 0.05) is 12.1 Å². The van der Waals surface area contributed by atoms with Gasteiger partial charge in [0.1, 0.15) is 0 Å². The number of carbonyl (C=O) groups excluding carboxylic acids is 1. The topological polar surface area (TPSA) is 57.6 Å². The molecule has 0 radical (unpaired) electrons. The van der Waals surface area contributed by atoms with E-state index < -0.39 is 12.0 Å². The van der Waals surface area contributed by atoms with Crippen LogP contribution in [0.25, 0.3) is 0 Å². The number of nitrogens with zero attached hydrogens (tertiary/aromatic N) is 1. The summed E-state index contributed by atoms with van der Waals surface area (Å²) in [6, 6.07) is 14.7. The zero-order valence-corrected chi connectivity index (χ0v) is 12.3. The molecule has 22 heavy (non-hydrogen) atoms. The van der Waals surface area contributed by atoms with Crippen molar-refractivity contribution in [1.29, 1.82) is 0 Å². The van der Waals surface area contributed by atoms with Crippen LogP contribution in [-0.2, 0) is 11.3 Å². The van der Waals surface area contributed by atoms with Gasteiger partial charge in [0.2, 0.25) is 0 Å². The molecule has 1 atom stereocenters. The van der Waals surface area contributed by atoms with Crippen molar-refractivity contribution in [3.05, 3.63) is 70.8 Å². The molecule has 2 aromatic carbocycles. The first kappa shape index (κ1) is 14.3. The number of hydrogen-bond donors (Lipinski definition) is 1. The van der Waals surface area contributed by atoms with E-state index in [1.807, 2.05) is 49.4 Å². The molecule has 3 rings (SSSR count). The lowest BCUT2D eigenvalue weighted by Crippen LogP contribution is -2.30. The number of carboxylic acids is 1. The molecule has 1 amide bonds. The predicted octanol–water partition coefficient (Wildman–Crippen LogP) is 3.17. The SMILES string of the molecule is Cc1cccc([C@@H](CC(=O)O)N2Cc3ccccc3C2=O)c1. The van der Waals surface area contributed by atoms with E-state index in [1.165, 1.54) is 0 Å². The molecule has 1 heterocycles. The number of aryl methyl sites for hydroxylation is 1. The van der Waals surface area contributed by atoms with Gasteiger partial charge in [-0.15, -0.1) is 0 Å². The molecular weight excluding hydrogens is 278 g/mol. The van der Waals surface area contributed by atoms with Gasteiger partial charge in [0.25, 0.3) is 5.91 Å². The summed E-state index contributed by atoms with van der Waals surface area (Å²) in [6.45, 7) is 2.42. The lowest BCUT2D eigenvalue weighted by molar-refractivity contribution is -0.138. The van der Waals surface area contributed by atoms with E-state index in [4.69, 9.17) is 0 Å². The van der Waals surface area contributed by atoms with Crippen molar-refractivity contribution in [2.75, 3.05) is 0 Å². The highest BCUT2D eigenvalue weighted by molar-refractivity contribution is 5.98. The van der Waals surface area contributed by atoms with E-state index in [0.717, 1.165) is 16.7 Å². The first-order chi connectivity index (χ1) is 10.6. The fourth-order valence-corrected chi connectivity index (χ4v) is 2.98. The Morgan fingerprint density at radius 1 is 1.23 bits per heavy atom. The van der Waals surface area contributed by atoms with Crippen molar-refractivity contribution in [1.82, 2.24) is 4.90 Å². The van der Waals surface area contributed by atoms with Gasteiger partial charge in [-0.25, -0.2) is 0 Å². The van der Waals surface area contributed by atoms with Gasteiger partial charge < -0.3 is 10.0 Å². The molecule has 0 aromatic heterocycles. The average Bonchev–Trinajstić information content (AvgIpc) is 2.82. The Morgan fingerprint density at radius 3 is 2.68 bits per heavy atom. The molecule has 0 aliphatic carbocycles. The summed E-state index contributed by atoms with van der Waals surface area (Å²) >= 11 is 0. The number of amides is 1. The molecular formula is C18H17NO3. The molecule has 1 aliphatic heterocycles. The van der Waals surface area contributed by atoms with Crippen molar-refractivity contribution < 1.29 is 14.7 Å². The summed E-state index contributed by atoms with van der Waals surface area (Å²) in [6.07, 6.45) is -0.0941. The molecule has 2 aromatic rings. The molecule has 0 unspecified atom stereocenters. The third-order valence-electron chi connectivity index (χ3n) is 4.02. The third kappa shape index (κ3) is 2.60. The van der Waals surface area contributed by atoms with Crippen LogP contribution in [0.3, 0.4) is 0 Å². The fraction of sp³-hybridized carbons (Fsp3) is 0.222. The number of fused-ring (bicyclic) bond motifs is 1. The van der Waals surface area contributed by atoms with Crippen molar-refractivity contribution >= 4 is 11.9 Å². The van der Waals surface area contributed by atoms with Gasteiger partial charge >= 0.3 is 5.97 Å². The molecule has 1 aliphatic rings. The number of hydrogen-bond acceptors (Lipinski definition) is 2. The van der Waals surface area contributed by atoms with E-state index in [1.54, 1.807) is 11.0 Å². The summed E-state index contributed by atoms with van der Waals surface area (Å²) in [7, 11) is 0. The molecule has 0 bridgehead atoms. The number of carboxylic acid groups (broad SMARTS) is 1. The van der Waals surface area contributed by atoms with E-state index >= 15 is 0 Å². The number of aliphatic carboxylic acids is 1. The Hall–Kier alpha value is -2.62. The Kier molecular flexibility index (Phi) is 3.67. The van der Waals surface area contributed by atoms with Gasteiger partial charge in [-0.2, -0.15) is 0 Å². The molecule has 112 valence electrons. The first-order valence-electron chi connectivity index (χ1n) is 7.23. The highest BCUT2D eigenvalue weighted by atomic mass is 16.4. The Morgan fingerprint density at radius 2 is 2.00 bits per heavy atom. The minimum absolute atomic E-state index is 0.0941. The molecule has 0 spiro atoms. The van der Waals surface area contributed by atoms with E-state index in [2.05, 4.69) is 0 Å². The maximum Gasteiger partial charge on any atom is 0.305 e. The lowest BCUT2D eigenvalue weighted by atomic mass is 10.00. The van der Waals surface area contributed by atoms with Crippen molar-refractivity contribution in [3.8, 4) is 0 Å². The number of carbonyl (C=O) groups is 2. The summed E-state index contributed by atoms with van der Waals surface area (Å²) in [5.74, 6) is -1.00. The quantitative estimate of drug-likeness (QED) is 0.942. The van der Waals surface area contributed by atoms with Gasteiger partial charge in [-0.05, 0) is 24.1 Å². The molecule has 4 heteroatoms. The predicted molar refractivity (Wildman–Crippen MR) is 82.5 cm³/mol. The second-order valence-corrected chi connectivity index (χ2v) is 5.62. The van der Waals surface area contributed by atoms with Gasteiger partial charge in [-0.3, -0.25) is 9.59 Å².